The number of hydrogen-bond acceptors (Lipinski definition) is 4. The van der Waals surface area contributed by atoms with Crippen LogP contribution in [0.25, 0.3) is 5.69 Å². The smallest absolute Gasteiger partial charge is 0.347 e. The minimum atomic E-state index is -0.569. The Morgan fingerprint density at radius 2 is 2.29 bits per heavy atom. The molecule has 0 saturated carbocycles. The van der Waals surface area contributed by atoms with Crippen LogP contribution in [-0.2, 0) is 4.74 Å². The molecule has 1 aromatic carbocycles. The highest BCUT2D eigenvalue weighted by atomic mass is 35.5. The molecule has 7 heteroatoms. The van der Waals surface area contributed by atoms with Gasteiger partial charge in [0.2, 0.25) is 0 Å². The number of aromatic nitrogens is 3. The van der Waals surface area contributed by atoms with Gasteiger partial charge in [0.15, 0.2) is 0 Å². The molecule has 0 amide bonds. The monoisotopic (exact) mass is 253 g/mol. The van der Waals surface area contributed by atoms with Gasteiger partial charge in [0.25, 0.3) is 0 Å². The van der Waals surface area contributed by atoms with Gasteiger partial charge >= 0.3 is 11.7 Å². The van der Waals surface area contributed by atoms with Gasteiger partial charge in [-0.2, -0.15) is 9.78 Å². The van der Waals surface area contributed by atoms with Crippen LogP contribution < -0.4 is 5.69 Å². The van der Waals surface area contributed by atoms with Crippen LogP contribution in [0, 0.1) is 0 Å². The minimum absolute atomic E-state index is 0.182. The number of rotatable bonds is 2. The molecule has 0 atom stereocenters. The lowest BCUT2D eigenvalue weighted by atomic mass is 10.2. The van der Waals surface area contributed by atoms with Crippen LogP contribution in [0.4, 0.5) is 0 Å². The van der Waals surface area contributed by atoms with E-state index in [0.29, 0.717) is 5.69 Å². The SMILES string of the molecule is COC(=O)c1cc(-n2nc[nH]c2=O)ccc1Cl. The van der Waals surface area contributed by atoms with Gasteiger partial charge in [0.05, 0.1) is 23.4 Å². The third-order valence-corrected chi connectivity index (χ3v) is 2.48. The molecular formula is C10H8ClN3O3. The Bertz CT molecular complexity index is 617. The largest absolute Gasteiger partial charge is 0.465 e. The van der Waals surface area contributed by atoms with E-state index in [9.17, 15) is 9.59 Å². The summed E-state index contributed by atoms with van der Waals surface area (Å²) in [4.78, 5) is 25.2. The fraction of sp³-hybridized carbons (Fsp3) is 0.100. The Kier molecular flexibility index (Phi) is 2.97. The highest BCUT2D eigenvalue weighted by Crippen LogP contribution is 2.19. The lowest BCUT2D eigenvalue weighted by Gasteiger charge is -2.05. The number of ether oxygens (including phenoxy) is 1. The average molecular weight is 254 g/mol. The highest BCUT2D eigenvalue weighted by molar-refractivity contribution is 6.33. The number of nitrogens with one attached hydrogen (secondary N) is 1. The van der Waals surface area contributed by atoms with Gasteiger partial charge < -0.3 is 4.74 Å². The standard InChI is InChI=1S/C10H8ClN3O3/c1-17-9(15)7-4-6(2-3-8(7)11)14-10(16)12-5-13-14/h2-5H,1H3,(H,12,13,16). The molecule has 1 aromatic heterocycles. The highest BCUT2D eigenvalue weighted by Gasteiger charge is 2.13. The Balaban J connectivity index is 2.55. The second-order valence-electron chi connectivity index (χ2n) is 3.16. The summed E-state index contributed by atoms with van der Waals surface area (Å²) in [6, 6.07) is 4.53. The molecule has 17 heavy (non-hydrogen) atoms. The van der Waals surface area contributed by atoms with Gasteiger partial charge in [0.1, 0.15) is 6.33 Å². The van der Waals surface area contributed by atoms with E-state index in [1.54, 1.807) is 6.07 Å². The fourth-order valence-corrected chi connectivity index (χ4v) is 1.55. The molecule has 2 aromatic rings. The summed E-state index contributed by atoms with van der Waals surface area (Å²) in [6.07, 6.45) is 1.26. The van der Waals surface area contributed by atoms with Crippen LogP contribution in [0.2, 0.25) is 5.02 Å². The molecule has 2 rings (SSSR count). The zero-order valence-electron chi connectivity index (χ0n) is 8.81. The quantitative estimate of drug-likeness (QED) is 0.810. The van der Waals surface area contributed by atoms with E-state index >= 15 is 0 Å². The first kappa shape index (κ1) is 11.4. The molecule has 0 saturated heterocycles. The first-order valence-electron chi connectivity index (χ1n) is 4.64. The van der Waals surface area contributed by atoms with Crippen molar-refractivity contribution in [3.05, 3.63) is 45.6 Å². The minimum Gasteiger partial charge on any atom is -0.465 e. The number of H-pyrrole nitrogens is 1. The van der Waals surface area contributed by atoms with Crippen molar-refractivity contribution in [3.8, 4) is 5.69 Å². The van der Waals surface area contributed by atoms with Gasteiger partial charge in [-0.05, 0) is 18.2 Å². The van der Waals surface area contributed by atoms with E-state index in [4.69, 9.17) is 11.6 Å². The van der Waals surface area contributed by atoms with Crippen molar-refractivity contribution in [1.82, 2.24) is 14.8 Å². The van der Waals surface area contributed by atoms with Gasteiger partial charge in [-0.15, -0.1) is 0 Å². The molecule has 0 aliphatic carbocycles. The zero-order chi connectivity index (χ0) is 12.4. The fourth-order valence-electron chi connectivity index (χ4n) is 1.35. The Morgan fingerprint density at radius 3 is 2.88 bits per heavy atom. The molecule has 0 aliphatic heterocycles. The number of methoxy groups -OCH3 is 1. The summed E-state index contributed by atoms with van der Waals surface area (Å²) in [5.74, 6) is -0.569. The van der Waals surface area contributed by atoms with E-state index in [-0.39, 0.29) is 10.6 Å². The second-order valence-corrected chi connectivity index (χ2v) is 3.57. The van der Waals surface area contributed by atoms with Crippen molar-refractivity contribution < 1.29 is 9.53 Å². The molecule has 0 spiro atoms. The number of benzene rings is 1. The van der Waals surface area contributed by atoms with E-state index < -0.39 is 11.7 Å². The van der Waals surface area contributed by atoms with E-state index in [2.05, 4.69) is 14.8 Å². The Labute approximate surface area is 101 Å². The lowest BCUT2D eigenvalue weighted by Crippen LogP contribution is -2.16. The number of carbonyl (C=O) groups excluding carboxylic acids is 1. The predicted octanol–water partition coefficient (Wildman–Crippen LogP) is 1.00. The molecular weight excluding hydrogens is 246 g/mol. The first-order chi connectivity index (χ1) is 8.13. The van der Waals surface area contributed by atoms with Gasteiger partial charge in [-0.25, -0.2) is 9.59 Å². The van der Waals surface area contributed by atoms with Crippen LogP contribution in [0.5, 0.6) is 0 Å². The Hall–Kier alpha value is -2.08. The number of aromatic amines is 1. The normalized spacial score (nSPS) is 10.2. The van der Waals surface area contributed by atoms with Crippen molar-refractivity contribution in [2.75, 3.05) is 7.11 Å². The summed E-state index contributed by atoms with van der Waals surface area (Å²) in [5.41, 5.74) is 0.214. The summed E-state index contributed by atoms with van der Waals surface area (Å²) in [6.45, 7) is 0. The van der Waals surface area contributed by atoms with Crippen molar-refractivity contribution >= 4 is 17.6 Å². The number of nitrogens with zero attached hydrogens (tertiary/aromatic N) is 2. The van der Waals surface area contributed by atoms with Crippen LogP contribution in [-0.4, -0.2) is 27.8 Å². The molecule has 0 fully saturated rings. The summed E-state index contributed by atoms with van der Waals surface area (Å²) >= 11 is 5.85. The van der Waals surface area contributed by atoms with Gasteiger partial charge in [0, 0.05) is 0 Å². The topological polar surface area (TPSA) is 77.0 Å². The maximum atomic E-state index is 11.4. The molecule has 6 nitrogen and oxygen atoms in total. The lowest BCUT2D eigenvalue weighted by molar-refractivity contribution is 0.0601. The summed E-state index contributed by atoms with van der Waals surface area (Å²) < 4.78 is 5.69. The maximum absolute atomic E-state index is 11.4. The molecule has 0 unspecified atom stereocenters. The maximum Gasteiger partial charge on any atom is 0.347 e. The van der Waals surface area contributed by atoms with Crippen LogP contribution in [0.1, 0.15) is 10.4 Å². The van der Waals surface area contributed by atoms with Crippen molar-refractivity contribution in [2.24, 2.45) is 0 Å². The van der Waals surface area contributed by atoms with Crippen molar-refractivity contribution in [1.29, 1.82) is 0 Å². The van der Waals surface area contributed by atoms with E-state index in [0.717, 1.165) is 4.68 Å². The number of halogens is 1. The third-order valence-electron chi connectivity index (χ3n) is 2.15. The average Bonchev–Trinajstić information content (AvgIpc) is 2.75. The predicted molar refractivity (Wildman–Crippen MR) is 60.5 cm³/mol. The van der Waals surface area contributed by atoms with Gasteiger partial charge in [-0.3, -0.25) is 4.98 Å². The van der Waals surface area contributed by atoms with Crippen molar-refractivity contribution in [2.45, 2.75) is 0 Å². The summed E-state index contributed by atoms with van der Waals surface area (Å²) in [5, 5.41) is 4.05. The molecule has 0 radical (unpaired) electrons. The number of hydrogen-bond donors (Lipinski definition) is 1. The Morgan fingerprint density at radius 1 is 1.53 bits per heavy atom. The van der Waals surface area contributed by atoms with Crippen molar-refractivity contribution in [3.63, 3.8) is 0 Å². The molecule has 0 aliphatic rings. The van der Waals surface area contributed by atoms with Crippen LogP contribution >= 0.6 is 11.6 Å². The van der Waals surface area contributed by atoms with E-state index in [1.165, 1.54) is 25.6 Å². The van der Waals surface area contributed by atoms with Gasteiger partial charge in [-0.1, -0.05) is 11.6 Å². The zero-order valence-corrected chi connectivity index (χ0v) is 9.56. The molecule has 88 valence electrons. The van der Waals surface area contributed by atoms with Crippen LogP contribution in [0.3, 0.4) is 0 Å². The van der Waals surface area contributed by atoms with Crippen LogP contribution in [0.15, 0.2) is 29.3 Å². The summed E-state index contributed by atoms with van der Waals surface area (Å²) in [7, 11) is 1.26. The molecule has 1 heterocycles. The number of carbonyl (C=O) groups is 1. The molecule has 0 bridgehead atoms. The first-order valence-corrected chi connectivity index (χ1v) is 5.02. The number of esters is 1. The van der Waals surface area contributed by atoms with E-state index in [1.807, 2.05) is 0 Å². The third kappa shape index (κ3) is 2.07. The second kappa shape index (κ2) is 4.42. The molecule has 1 N–H and O–H groups in total.